The zero-order valence-electron chi connectivity index (χ0n) is 12.2. The Labute approximate surface area is 124 Å². The molecule has 1 aromatic heterocycles. The summed E-state index contributed by atoms with van der Waals surface area (Å²) in [5.74, 6) is 0.338. The molecule has 0 bridgehead atoms. The van der Waals surface area contributed by atoms with Crippen LogP contribution >= 0.6 is 0 Å². The smallest absolute Gasteiger partial charge is 0.259 e. The number of methoxy groups -OCH3 is 1. The first-order valence-corrected chi connectivity index (χ1v) is 6.71. The fourth-order valence-corrected chi connectivity index (χ4v) is 2.07. The summed E-state index contributed by atoms with van der Waals surface area (Å²) in [6, 6.07) is 10.9. The first-order chi connectivity index (χ1) is 10.1. The molecule has 5 heteroatoms. The number of nitrogen functional groups attached to an aromatic ring is 1. The van der Waals surface area contributed by atoms with Gasteiger partial charge in [-0.05, 0) is 24.3 Å². The zero-order chi connectivity index (χ0) is 15.2. The van der Waals surface area contributed by atoms with E-state index in [2.05, 4.69) is 4.98 Å². The Morgan fingerprint density at radius 1 is 1.29 bits per heavy atom. The average Bonchev–Trinajstić information content (AvgIpc) is 2.52. The number of nitrogens with two attached hydrogens (primary N) is 1. The number of amides is 1. The van der Waals surface area contributed by atoms with Gasteiger partial charge in [-0.25, -0.2) is 0 Å². The topological polar surface area (TPSA) is 68.5 Å². The van der Waals surface area contributed by atoms with Crippen molar-refractivity contribution in [3.63, 3.8) is 0 Å². The molecule has 0 saturated carbocycles. The number of hydrogen-bond donors (Lipinski definition) is 1. The first-order valence-electron chi connectivity index (χ1n) is 6.71. The van der Waals surface area contributed by atoms with Crippen molar-refractivity contribution in [3.8, 4) is 5.75 Å². The molecule has 0 saturated heterocycles. The quantitative estimate of drug-likeness (QED) is 0.853. The van der Waals surface area contributed by atoms with E-state index in [1.165, 1.54) is 7.11 Å². The molecular weight excluding hydrogens is 266 g/mol. The van der Waals surface area contributed by atoms with Gasteiger partial charge in [0.1, 0.15) is 11.3 Å². The predicted octanol–water partition coefficient (Wildman–Crippen LogP) is 1.99. The van der Waals surface area contributed by atoms with Gasteiger partial charge >= 0.3 is 0 Å². The molecule has 0 atom stereocenters. The van der Waals surface area contributed by atoms with Crippen molar-refractivity contribution in [2.75, 3.05) is 26.4 Å². The molecule has 0 radical (unpaired) electrons. The van der Waals surface area contributed by atoms with Crippen LogP contribution in [0, 0.1) is 0 Å². The van der Waals surface area contributed by atoms with Gasteiger partial charge in [0.25, 0.3) is 5.91 Å². The summed E-state index contributed by atoms with van der Waals surface area (Å²) < 4.78 is 5.22. The average molecular weight is 285 g/mol. The second-order valence-corrected chi connectivity index (χ2v) is 4.72. The SMILES string of the molecule is COc1cccc(N)c1C(=O)N(C)CCc1ccccn1. The van der Waals surface area contributed by atoms with Crippen molar-refractivity contribution < 1.29 is 9.53 Å². The second kappa shape index (κ2) is 6.74. The summed E-state index contributed by atoms with van der Waals surface area (Å²) in [6.07, 6.45) is 2.44. The molecule has 2 N–H and O–H groups in total. The third-order valence-corrected chi connectivity index (χ3v) is 3.27. The molecule has 2 aromatic rings. The monoisotopic (exact) mass is 285 g/mol. The highest BCUT2D eigenvalue weighted by atomic mass is 16.5. The van der Waals surface area contributed by atoms with Crippen LogP contribution in [0.5, 0.6) is 5.75 Å². The zero-order valence-corrected chi connectivity index (χ0v) is 12.2. The lowest BCUT2D eigenvalue weighted by molar-refractivity contribution is 0.0794. The molecule has 5 nitrogen and oxygen atoms in total. The van der Waals surface area contributed by atoms with Gasteiger partial charge < -0.3 is 15.4 Å². The summed E-state index contributed by atoms with van der Waals surface area (Å²) >= 11 is 0. The van der Waals surface area contributed by atoms with E-state index >= 15 is 0 Å². The van der Waals surface area contributed by atoms with Gasteiger partial charge in [-0.15, -0.1) is 0 Å². The van der Waals surface area contributed by atoms with Gasteiger partial charge in [0.15, 0.2) is 0 Å². The van der Waals surface area contributed by atoms with Gasteiger partial charge in [-0.2, -0.15) is 0 Å². The predicted molar refractivity (Wildman–Crippen MR) is 82.3 cm³/mol. The minimum absolute atomic E-state index is 0.152. The molecule has 0 unspecified atom stereocenters. The number of likely N-dealkylation sites (N-methyl/N-ethyl adjacent to an activating group) is 1. The molecule has 1 amide bonds. The van der Waals surface area contributed by atoms with E-state index < -0.39 is 0 Å². The van der Waals surface area contributed by atoms with Crippen molar-refractivity contribution in [2.24, 2.45) is 0 Å². The molecule has 0 aliphatic carbocycles. The Bertz CT molecular complexity index is 614. The number of carbonyl (C=O) groups is 1. The van der Waals surface area contributed by atoms with Crippen LogP contribution in [-0.2, 0) is 6.42 Å². The maximum Gasteiger partial charge on any atom is 0.259 e. The number of ether oxygens (including phenoxy) is 1. The lowest BCUT2D eigenvalue weighted by atomic mass is 10.1. The van der Waals surface area contributed by atoms with E-state index in [1.54, 1.807) is 36.3 Å². The standard InChI is InChI=1S/C16H19N3O2/c1-19(11-9-12-6-3-4-10-18-12)16(20)15-13(17)7-5-8-14(15)21-2/h3-8,10H,9,11,17H2,1-2H3. The van der Waals surface area contributed by atoms with Crippen LogP contribution < -0.4 is 10.5 Å². The maximum absolute atomic E-state index is 12.5. The largest absolute Gasteiger partial charge is 0.496 e. The fraction of sp³-hybridized carbons (Fsp3) is 0.250. The molecule has 0 fully saturated rings. The Morgan fingerprint density at radius 3 is 2.76 bits per heavy atom. The number of anilines is 1. The van der Waals surface area contributed by atoms with Crippen LogP contribution in [0.15, 0.2) is 42.6 Å². The van der Waals surface area contributed by atoms with Crippen molar-refractivity contribution in [2.45, 2.75) is 6.42 Å². The second-order valence-electron chi connectivity index (χ2n) is 4.72. The summed E-state index contributed by atoms with van der Waals surface area (Å²) in [6.45, 7) is 0.563. The third-order valence-electron chi connectivity index (χ3n) is 3.27. The van der Waals surface area contributed by atoms with E-state index in [9.17, 15) is 4.79 Å². The summed E-state index contributed by atoms with van der Waals surface area (Å²) in [7, 11) is 3.27. The third kappa shape index (κ3) is 3.51. The Kier molecular flexibility index (Phi) is 4.77. The van der Waals surface area contributed by atoms with Crippen molar-refractivity contribution >= 4 is 11.6 Å². The van der Waals surface area contributed by atoms with Crippen LogP contribution in [-0.4, -0.2) is 36.5 Å². The number of pyridine rings is 1. The van der Waals surface area contributed by atoms with Gasteiger partial charge in [-0.1, -0.05) is 12.1 Å². The van der Waals surface area contributed by atoms with Crippen molar-refractivity contribution in [1.29, 1.82) is 0 Å². The number of rotatable bonds is 5. The highest BCUT2D eigenvalue weighted by Gasteiger charge is 2.19. The number of hydrogen-bond acceptors (Lipinski definition) is 4. The Balaban J connectivity index is 2.09. The molecule has 1 aromatic carbocycles. The number of nitrogens with zero attached hydrogens (tertiary/aromatic N) is 2. The lowest BCUT2D eigenvalue weighted by Crippen LogP contribution is -2.30. The normalized spacial score (nSPS) is 10.2. The van der Waals surface area contributed by atoms with Crippen molar-refractivity contribution in [3.05, 3.63) is 53.9 Å². The van der Waals surface area contributed by atoms with E-state index in [4.69, 9.17) is 10.5 Å². The highest BCUT2D eigenvalue weighted by Crippen LogP contribution is 2.25. The van der Waals surface area contributed by atoms with Gasteiger partial charge in [-0.3, -0.25) is 9.78 Å². The summed E-state index contributed by atoms with van der Waals surface area (Å²) in [4.78, 5) is 18.4. The number of benzene rings is 1. The van der Waals surface area contributed by atoms with E-state index in [0.29, 0.717) is 30.0 Å². The van der Waals surface area contributed by atoms with Crippen LogP contribution in [0.1, 0.15) is 16.1 Å². The molecule has 0 aliphatic heterocycles. The molecule has 0 spiro atoms. The maximum atomic E-state index is 12.5. The minimum atomic E-state index is -0.152. The molecule has 1 heterocycles. The van der Waals surface area contributed by atoms with Crippen LogP contribution in [0.25, 0.3) is 0 Å². The van der Waals surface area contributed by atoms with Crippen LogP contribution in [0.4, 0.5) is 5.69 Å². The first kappa shape index (κ1) is 14.8. The fourth-order valence-electron chi connectivity index (χ4n) is 2.07. The molecule has 110 valence electrons. The van der Waals surface area contributed by atoms with Gasteiger partial charge in [0.05, 0.1) is 7.11 Å². The molecule has 21 heavy (non-hydrogen) atoms. The van der Waals surface area contributed by atoms with Crippen LogP contribution in [0.2, 0.25) is 0 Å². The summed E-state index contributed by atoms with van der Waals surface area (Å²) in [5.41, 5.74) is 7.68. The van der Waals surface area contributed by atoms with Gasteiger partial charge in [0, 0.05) is 37.6 Å². The Hall–Kier alpha value is -2.56. The lowest BCUT2D eigenvalue weighted by Gasteiger charge is -2.19. The highest BCUT2D eigenvalue weighted by molar-refractivity contribution is 6.01. The molecule has 0 aliphatic rings. The van der Waals surface area contributed by atoms with Gasteiger partial charge in [0.2, 0.25) is 0 Å². The van der Waals surface area contributed by atoms with E-state index in [1.807, 2.05) is 18.2 Å². The minimum Gasteiger partial charge on any atom is -0.496 e. The summed E-state index contributed by atoms with van der Waals surface area (Å²) in [5, 5.41) is 0. The molecular formula is C16H19N3O2. The Morgan fingerprint density at radius 2 is 2.10 bits per heavy atom. The molecule has 2 rings (SSSR count). The van der Waals surface area contributed by atoms with E-state index in [0.717, 1.165) is 5.69 Å². The number of aromatic nitrogens is 1. The van der Waals surface area contributed by atoms with Crippen molar-refractivity contribution in [1.82, 2.24) is 9.88 Å². The number of carbonyl (C=O) groups excluding carboxylic acids is 1. The van der Waals surface area contributed by atoms with E-state index in [-0.39, 0.29) is 5.91 Å². The van der Waals surface area contributed by atoms with Crippen LogP contribution in [0.3, 0.4) is 0 Å².